The number of aryl methyl sites for hydroxylation is 1. The number of rotatable bonds is 4. The average molecular weight is 340 g/mol. The second-order valence-corrected chi connectivity index (χ2v) is 9.01. The Bertz CT molecular complexity index is 670. The topological polar surface area (TPSA) is 78.5 Å². The van der Waals surface area contributed by atoms with E-state index in [0.717, 1.165) is 50.4 Å². The van der Waals surface area contributed by atoms with E-state index in [2.05, 4.69) is 14.9 Å². The van der Waals surface area contributed by atoms with Crippen molar-refractivity contribution in [3.8, 4) is 0 Å². The van der Waals surface area contributed by atoms with Gasteiger partial charge in [0.15, 0.2) is 0 Å². The van der Waals surface area contributed by atoms with Crippen molar-refractivity contribution >= 4 is 10.0 Å². The molecule has 3 fully saturated rings. The van der Waals surface area contributed by atoms with Gasteiger partial charge >= 0.3 is 0 Å². The Morgan fingerprint density at radius 2 is 2.17 bits per heavy atom. The number of H-pyrrole nitrogens is 1. The Labute approximate surface area is 137 Å². The molecule has 0 amide bonds. The van der Waals surface area contributed by atoms with Crippen molar-refractivity contribution in [2.24, 2.45) is 0 Å². The van der Waals surface area contributed by atoms with E-state index in [4.69, 9.17) is 4.74 Å². The minimum Gasteiger partial charge on any atom is -0.375 e. The van der Waals surface area contributed by atoms with E-state index >= 15 is 0 Å². The van der Waals surface area contributed by atoms with Gasteiger partial charge in [-0.25, -0.2) is 13.4 Å². The van der Waals surface area contributed by atoms with E-state index in [1.54, 1.807) is 4.31 Å². The van der Waals surface area contributed by atoms with Crippen LogP contribution in [0, 0.1) is 6.92 Å². The maximum Gasteiger partial charge on any atom is 0.217 e. The van der Waals surface area contributed by atoms with E-state index in [1.807, 2.05) is 13.1 Å². The Balaban J connectivity index is 1.49. The van der Waals surface area contributed by atoms with Crippen LogP contribution >= 0.6 is 0 Å². The molecule has 3 aliphatic rings. The van der Waals surface area contributed by atoms with Gasteiger partial charge < -0.3 is 9.72 Å². The number of nitrogens with one attached hydrogen (secondary N) is 1. The first kappa shape index (κ1) is 15.6. The van der Waals surface area contributed by atoms with Crippen LogP contribution in [0.25, 0.3) is 0 Å². The molecule has 2 atom stereocenters. The van der Waals surface area contributed by atoms with Gasteiger partial charge in [-0.05, 0) is 26.2 Å². The van der Waals surface area contributed by atoms with Gasteiger partial charge in [-0.1, -0.05) is 0 Å². The summed E-state index contributed by atoms with van der Waals surface area (Å²) in [5, 5.41) is -0.146. The molecule has 1 aromatic rings. The number of hydrogen-bond acceptors (Lipinski definition) is 5. The first-order valence-corrected chi connectivity index (χ1v) is 9.89. The highest BCUT2D eigenvalue weighted by atomic mass is 32.2. The van der Waals surface area contributed by atoms with Crippen molar-refractivity contribution in [2.45, 2.75) is 50.1 Å². The summed E-state index contributed by atoms with van der Waals surface area (Å²) in [5.41, 5.74) is 1.08. The number of aromatic amines is 1. The quantitative estimate of drug-likeness (QED) is 0.863. The van der Waals surface area contributed by atoms with Gasteiger partial charge in [0.25, 0.3) is 0 Å². The zero-order valence-electron chi connectivity index (χ0n) is 13.4. The number of fused-ring (bicyclic) bond motifs is 1. The van der Waals surface area contributed by atoms with Crippen LogP contribution in [-0.2, 0) is 21.3 Å². The third-order valence-corrected chi connectivity index (χ3v) is 7.46. The highest BCUT2D eigenvalue weighted by Gasteiger charge is 2.47. The van der Waals surface area contributed by atoms with Gasteiger partial charge in [-0.2, -0.15) is 4.31 Å². The average Bonchev–Trinajstić information content (AvgIpc) is 3.31. The number of ether oxygens (including phenoxy) is 1. The van der Waals surface area contributed by atoms with Gasteiger partial charge in [0, 0.05) is 38.1 Å². The smallest absolute Gasteiger partial charge is 0.217 e. The Morgan fingerprint density at radius 3 is 2.87 bits per heavy atom. The summed E-state index contributed by atoms with van der Waals surface area (Å²) in [4.78, 5) is 9.79. The highest BCUT2D eigenvalue weighted by Crippen LogP contribution is 2.35. The number of likely N-dealkylation sites (tertiary alicyclic amines) is 1. The van der Waals surface area contributed by atoms with Crippen LogP contribution in [0.4, 0.5) is 0 Å². The largest absolute Gasteiger partial charge is 0.375 e. The number of aromatic nitrogens is 2. The second kappa shape index (κ2) is 5.84. The normalized spacial score (nSPS) is 30.3. The van der Waals surface area contributed by atoms with Crippen molar-refractivity contribution in [3.05, 3.63) is 17.7 Å². The van der Waals surface area contributed by atoms with Crippen molar-refractivity contribution in [1.82, 2.24) is 19.2 Å². The lowest BCUT2D eigenvalue weighted by molar-refractivity contribution is -0.0771. The molecule has 0 radical (unpaired) electrons. The molecule has 1 aliphatic carbocycles. The third-order valence-electron chi connectivity index (χ3n) is 5.04. The van der Waals surface area contributed by atoms with Gasteiger partial charge in [-0.15, -0.1) is 0 Å². The van der Waals surface area contributed by atoms with Crippen molar-refractivity contribution in [3.63, 3.8) is 0 Å². The number of imidazole rings is 1. The van der Waals surface area contributed by atoms with Crippen molar-refractivity contribution in [2.75, 3.05) is 26.2 Å². The molecular weight excluding hydrogens is 316 g/mol. The third kappa shape index (κ3) is 3.05. The molecule has 23 heavy (non-hydrogen) atoms. The van der Waals surface area contributed by atoms with Gasteiger partial charge in [0.2, 0.25) is 10.0 Å². The lowest BCUT2D eigenvalue weighted by Gasteiger charge is -2.46. The molecule has 1 saturated carbocycles. The number of piperidine rings is 1. The monoisotopic (exact) mass is 340 g/mol. The van der Waals surface area contributed by atoms with Crippen LogP contribution in [0.15, 0.2) is 6.20 Å². The molecule has 0 bridgehead atoms. The number of nitrogens with zero attached hydrogens (tertiary/aromatic N) is 3. The number of morpholine rings is 1. The van der Waals surface area contributed by atoms with Crippen LogP contribution < -0.4 is 0 Å². The summed E-state index contributed by atoms with van der Waals surface area (Å²) < 4.78 is 33.0. The summed E-state index contributed by atoms with van der Waals surface area (Å²) in [5.74, 6) is 0.911. The Kier molecular flexibility index (Phi) is 3.95. The minimum atomic E-state index is -3.14. The fourth-order valence-corrected chi connectivity index (χ4v) is 5.74. The molecule has 0 aromatic carbocycles. The highest BCUT2D eigenvalue weighted by molar-refractivity contribution is 7.90. The summed E-state index contributed by atoms with van der Waals surface area (Å²) in [6, 6.07) is -0.0490. The molecule has 3 heterocycles. The van der Waals surface area contributed by atoms with Crippen LogP contribution in [0.3, 0.4) is 0 Å². The van der Waals surface area contributed by atoms with E-state index in [0.29, 0.717) is 13.2 Å². The summed E-state index contributed by atoms with van der Waals surface area (Å²) >= 11 is 0. The van der Waals surface area contributed by atoms with Gasteiger partial charge in [-0.3, -0.25) is 4.90 Å². The van der Waals surface area contributed by atoms with Crippen molar-refractivity contribution in [1.29, 1.82) is 0 Å². The summed E-state index contributed by atoms with van der Waals surface area (Å²) in [7, 11) is -3.14. The standard InChI is InChI=1S/C15H24N4O3S/c1-11-16-8-12(17-11)9-18-5-4-15-14(10-18)19(6-7-22-15)23(20,21)13-2-3-13/h8,13-15H,2-7,9-10H2,1H3,(H,16,17)/t14-,15-/m1/s1. The lowest BCUT2D eigenvalue weighted by Crippen LogP contribution is -2.61. The van der Waals surface area contributed by atoms with Crippen molar-refractivity contribution < 1.29 is 13.2 Å². The molecule has 4 rings (SSSR count). The Morgan fingerprint density at radius 1 is 1.35 bits per heavy atom. The van der Waals surface area contributed by atoms with Crippen LogP contribution in [-0.4, -0.2) is 71.2 Å². The lowest BCUT2D eigenvalue weighted by atomic mass is 10.0. The van der Waals surface area contributed by atoms with E-state index in [9.17, 15) is 8.42 Å². The zero-order chi connectivity index (χ0) is 16.0. The minimum absolute atomic E-state index is 0.0389. The van der Waals surface area contributed by atoms with E-state index in [-0.39, 0.29) is 17.4 Å². The summed E-state index contributed by atoms with van der Waals surface area (Å²) in [6.45, 7) is 5.39. The van der Waals surface area contributed by atoms with Gasteiger partial charge in [0.05, 0.1) is 24.0 Å². The molecule has 0 spiro atoms. The first-order valence-electron chi connectivity index (χ1n) is 8.39. The number of hydrogen-bond donors (Lipinski definition) is 1. The summed E-state index contributed by atoms with van der Waals surface area (Å²) in [6.07, 6.45) is 4.41. The SMILES string of the molecule is Cc1ncc(CN2CC[C@H]3OCCN(S(=O)(=O)C4CC4)[C@@H]3C2)[nH]1. The fraction of sp³-hybridized carbons (Fsp3) is 0.800. The fourth-order valence-electron chi connectivity index (χ4n) is 3.72. The predicted molar refractivity (Wildman–Crippen MR) is 85.4 cm³/mol. The molecular formula is C15H24N4O3S. The molecule has 128 valence electrons. The van der Waals surface area contributed by atoms with E-state index in [1.165, 1.54) is 0 Å². The molecule has 0 unspecified atom stereocenters. The van der Waals surface area contributed by atoms with Crippen LogP contribution in [0.2, 0.25) is 0 Å². The van der Waals surface area contributed by atoms with Crippen LogP contribution in [0.5, 0.6) is 0 Å². The second-order valence-electron chi connectivity index (χ2n) is 6.85. The van der Waals surface area contributed by atoms with Crippen LogP contribution in [0.1, 0.15) is 30.8 Å². The molecule has 2 saturated heterocycles. The molecule has 8 heteroatoms. The van der Waals surface area contributed by atoms with Gasteiger partial charge in [0.1, 0.15) is 5.82 Å². The molecule has 2 aliphatic heterocycles. The molecule has 1 aromatic heterocycles. The maximum atomic E-state index is 12.7. The number of sulfonamides is 1. The molecule has 7 nitrogen and oxygen atoms in total. The van der Waals surface area contributed by atoms with E-state index < -0.39 is 10.0 Å². The Hall–Kier alpha value is -0.960. The maximum absolute atomic E-state index is 12.7. The predicted octanol–water partition coefficient (Wildman–Crippen LogP) is 0.485. The molecule has 1 N–H and O–H groups in total. The zero-order valence-corrected chi connectivity index (χ0v) is 14.3. The first-order chi connectivity index (χ1) is 11.0.